The van der Waals surface area contributed by atoms with E-state index in [9.17, 15) is 14.7 Å². The minimum atomic E-state index is -1.33. The number of aryl methyl sites for hydroxylation is 1. The maximum atomic E-state index is 13.4. The fraction of sp³-hybridized carbons (Fsp3) is 0.188. The number of rotatable bonds is 11. The molecule has 0 unspecified atom stereocenters. The molecule has 1 atom stereocenters. The van der Waals surface area contributed by atoms with E-state index in [1.165, 1.54) is 6.07 Å². The van der Waals surface area contributed by atoms with E-state index >= 15 is 0 Å². The largest absolute Gasteiger partial charge is 0.504 e. The van der Waals surface area contributed by atoms with Crippen molar-refractivity contribution in [3.05, 3.63) is 131 Å². The molecule has 200 valence electrons. The molecule has 4 aromatic rings. The second kappa shape index (κ2) is 12.8. The Kier molecular flexibility index (Phi) is 8.97. The van der Waals surface area contributed by atoms with Crippen molar-refractivity contribution in [1.29, 1.82) is 0 Å². The molecule has 7 nitrogen and oxygen atoms in total. The number of nitrogens with one attached hydrogen (secondary N) is 2. The van der Waals surface area contributed by atoms with Crippen molar-refractivity contribution in [3.63, 3.8) is 0 Å². The molecule has 0 saturated heterocycles. The van der Waals surface area contributed by atoms with Crippen LogP contribution in [-0.4, -0.2) is 22.5 Å². The Balaban J connectivity index is 1.51. The molecular formula is C32H32N2O5. The third-order valence-electron chi connectivity index (χ3n) is 6.25. The number of benzene rings is 4. The van der Waals surface area contributed by atoms with Gasteiger partial charge < -0.3 is 14.6 Å². The molecule has 39 heavy (non-hydrogen) atoms. The Hall–Kier alpha value is -4.62. The van der Waals surface area contributed by atoms with Crippen LogP contribution < -0.4 is 15.6 Å². The average molecular weight is 525 g/mol. The van der Waals surface area contributed by atoms with Gasteiger partial charge in [0.2, 0.25) is 0 Å². The summed E-state index contributed by atoms with van der Waals surface area (Å²) in [5.74, 6) is -0.645. The second-order valence-electron chi connectivity index (χ2n) is 9.59. The Labute approximate surface area is 228 Å². The summed E-state index contributed by atoms with van der Waals surface area (Å²) in [5.41, 5.74) is 8.23. The lowest BCUT2D eigenvalue weighted by atomic mass is 9.93. The number of phenols is 1. The zero-order valence-electron chi connectivity index (χ0n) is 22.0. The standard InChI is InChI=1S/C32H32N2O5/c1-23-13-16-27(17-14-23)30(36)33-34-32(2,31(37)39-22-25-11-7-4-8-12-25)20-26-15-18-28(35)29(19-26)38-21-24-9-5-3-6-10-24/h3-19,34-35H,20-22H2,1-2H3,(H,33,36)/t32-/m0/s1. The van der Waals surface area contributed by atoms with Gasteiger partial charge in [-0.1, -0.05) is 84.4 Å². The van der Waals surface area contributed by atoms with Crippen LogP contribution >= 0.6 is 0 Å². The summed E-state index contributed by atoms with van der Waals surface area (Å²) in [7, 11) is 0. The molecule has 0 radical (unpaired) electrons. The number of ether oxygens (including phenoxy) is 2. The lowest BCUT2D eigenvalue weighted by molar-refractivity contribution is -0.152. The van der Waals surface area contributed by atoms with E-state index in [0.29, 0.717) is 16.9 Å². The van der Waals surface area contributed by atoms with Crippen molar-refractivity contribution >= 4 is 11.9 Å². The van der Waals surface area contributed by atoms with Gasteiger partial charge in [-0.25, -0.2) is 10.2 Å². The van der Waals surface area contributed by atoms with E-state index in [1.54, 1.807) is 31.2 Å². The topological polar surface area (TPSA) is 96.9 Å². The number of carbonyl (C=O) groups excluding carboxylic acids is 2. The zero-order valence-corrected chi connectivity index (χ0v) is 22.0. The second-order valence-corrected chi connectivity index (χ2v) is 9.59. The minimum Gasteiger partial charge on any atom is -0.504 e. The summed E-state index contributed by atoms with van der Waals surface area (Å²) in [4.78, 5) is 26.2. The molecule has 7 heteroatoms. The van der Waals surface area contributed by atoms with E-state index in [2.05, 4.69) is 10.9 Å². The molecule has 0 aliphatic carbocycles. The molecule has 0 fully saturated rings. The number of hydrazine groups is 1. The van der Waals surface area contributed by atoms with Gasteiger partial charge in [0, 0.05) is 12.0 Å². The van der Waals surface area contributed by atoms with Crippen LogP contribution in [0, 0.1) is 6.92 Å². The van der Waals surface area contributed by atoms with E-state index in [-0.39, 0.29) is 31.3 Å². The highest BCUT2D eigenvalue weighted by molar-refractivity contribution is 5.94. The monoisotopic (exact) mass is 524 g/mol. The normalized spacial score (nSPS) is 12.3. The zero-order chi connectivity index (χ0) is 27.7. The third-order valence-corrected chi connectivity index (χ3v) is 6.25. The quantitative estimate of drug-likeness (QED) is 0.183. The molecule has 4 rings (SSSR count). The number of esters is 1. The van der Waals surface area contributed by atoms with Gasteiger partial charge in [-0.05, 0) is 54.8 Å². The van der Waals surface area contributed by atoms with Crippen LogP contribution in [0.4, 0.5) is 0 Å². The van der Waals surface area contributed by atoms with Crippen LogP contribution in [0.2, 0.25) is 0 Å². The molecule has 0 aliphatic heterocycles. The molecule has 0 bridgehead atoms. The van der Waals surface area contributed by atoms with Gasteiger partial charge in [0.15, 0.2) is 11.5 Å². The van der Waals surface area contributed by atoms with Gasteiger partial charge in [0.25, 0.3) is 5.91 Å². The molecular weight excluding hydrogens is 492 g/mol. The van der Waals surface area contributed by atoms with Crippen LogP contribution in [0.1, 0.15) is 39.5 Å². The molecule has 0 saturated carbocycles. The summed E-state index contributed by atoms with van der Waals surface area (Å²) in [6.45, 7) is 3.96. The molecule has 4 aromatic carbocycles. The summed E-state index contributed by atoms with van der Waals surface area (Å²) >= 11 is 0. The van der Waals surface area contributed by atoms with Crippen LogP contribution in [0.15, 0.2) is 103 Å². The molecule has 0 aromatic heterocycles. The van der Waals surface area contributed by atoms with Crippen LogP contribution in [-0.2, 0) is 29.2 Å². The maximum Gasteiger partial charge on any atom is 0.328 e. The van der Waals surface area contributed by atoms with Crippen molar-refractivity contribution in [1.82, 2.24) is 10.9 Å². The lowest BCUT2D eigenvalue weighted by Crippen LogP contribution is -2.59. The van der Waals surface area contributed by atoms with Crippen molar-refractivity contribution in [3.8, 4) is 11.5 Å². The Bertz CT molecular complexity index is 1390. The predicted octanol–water partition coefficient (Wildman–Crippen LogP) is 5.26. The Morgan fingerprint density at radius 1 is 0.795 bits per heavy atom. The number of carbonyl (C=O) groups is 2. The van der Waals surface area contributed by atoms with Gasteiger partial charge in [-0.15, -0.1) is 0 Å². The number of amides is 1. The van der Waals surface area contributed by atoms with Crippen molar-refractivity contribution in [2.75, 3.05) is 0 Å². The van der Waals surface area contributed by atoms with E-state index in [4.69, 9.17) is 9.47 Å². The van der Waals surface area contributed by atoms with Gasteiger partial charge in [0.05, 0.1) is 0 Å². The van der Waals surface area contributed by atoms with Crippen molar-refractivity contribution in [2.45, 2.75) is 39.0 Å². The lowest BCUT2D eigenvalue weighted by Gasteiger charge is -2.29. The minimum absolute atomic E-state index is 0.0105. The SMILES string of the molecule is Cc1ccc(C(=O)NN[C@@](C)(Cc2ccc(O)c(OCc3ccccc3)c2)C(=O)OCc2ccccc2)cc1. The highest BCUT2D eigenvalue weighted by Crippen LogP contribution is 2.29. The van der Waals surface area contributed by atoms with Gasteiger partial charge in [0.1, 0.15) is 18.8 Å². The Morgan fingerprint density at radius 3 is 2.05 bits per heavy atom. The van der Waals surface area contributed by atoms with E-state index < -0.39 is 11.5 Å². The first-order chi connectivity index (χ1) is 18.8. The average Bonchev–Trinajstić information content (AvgIpc) is 2.96. The first kappa shape index (κ1) is 27.4. The Morgan fingerprint density at radius 2 is 1.41 bits per heavy atom. The summed E-state index contributed by atoms with van der Waals surface area (Å²) in [5, 5.41) is 10.4. The summed E-state index contributed by atoms with van der Waals surface area (Å²) in [6.07, 6.45) is 0.150. The first-order valence-electron chi connectivity index (χ1n) is 12.7. The first-order valence-corrected chi connectivity index (χ1v) is 12.7. The highest BCUT2D eigenvalue weighted by atomic mass is 16.5. The smallest absolute Gasteiger partial charge is 0.328 e. The molecule has 0 aliphatic rings. The van der Waals surface area contributed by atoms with Gasteiger partial charge in [-0.2, -0.15) is 0 Å². The fourth-order valence-electron chi connectivity index (χ4n) is 3.95. The number of hydrogen-bond acceptors (Lipinski definition) is 6. The molecule has 1 amide bonds. The molecule has 0 spiro atoms. The summed E-state index contributed by atoms with van der Waals surface area (Å²) in [6, 6.07) is 31.0. The van der Waals surface area contributed by atoms with Crippen LogP contribution in [0.5, 0.6) is 11.5 Å². The van der Waals surface area contributed by atoms with E-state index in [0.717, 1.165) is 16.7 Å². The predicted molar refractivity (Wildman–Crippen MR) is 149 cm³/mol. The number of aromatic hydroxyl groups is 1. The van der Waals surface area contributed by atoms with Crippen molar-refractivity contribution < 1.29 is 24.2 Å². The van der Waals surface area contributed by atoms with Gasteiger partial charge in [-0.3, -0.25) is 10.2 Å². The number of phenolic OH excluding ortho intramolecular Hbond substituents is 1. The van der Waals surface area contributed by atoms with E-state index in [1.807, 2.05) is 79.7 Å². The van der Waals surface area contributed by atoms with Crippen molar-refractivity contribution in [2.24, 2.45) is 0 Å². The van der Waals surface area contributed by atoms with Crippen LogP contribution in [0.3, 0.4) is 0 Å². The van der Waals surface area contributed by atoms with Crippen LogP contribution in [0.25, 0.3) is 0 Å². The van der Waals surface area contributed by atoms with Gasteiger partial charge >= 0.3 is 5.97 Å². The fourth-order valence-corrected chi connectivity index (χ4v) is 3.95. The third kappa shape index (κ3) is 7.69. The molecule has 0 heterocycles. The highest BCUT2D eigenvalue weighted by Gasteiger charge is 2.36. The number of hydrogen-bond donors (Lipinski definition) is 3. The molecule has 3 N–H and O–H groups in total. The summed E-state index contributed by atoms with van der Waals surface area (Å²) < 4.78 is 11.5. The maximum absolute atomic E-state index is 13.4.